The van der Waals surface area contributed by atoms with Crippen molar-refractivity contribution in [2.45, 2.75) is 13.3 Å². The minimum absolute atomic E-state index is 0.00463. The molecule has 0 amide bonds. The highest BCUT2D eigenvalue weighted by Gasteiger charge is 2.01. The maximum absolute atomic E-state index is 9.15. The Balaban J connectivity index is 0.000000364. The maximum Gasteiger partial charge on any atom is 0.160 e. The zero-order valence-corrected chi connectivity index (χ0v) is 7.56. The molecule has 1 aromatic rings. The number of aromatic hydroxyl groups is 2. The summed E-state index contributed by atoms with van der Waals surface area (Å²) in [6.45, 7) is 1.93. The van der Waals surface area contributed by atoms with Gasteiger partial charge in [0.15, 0.2) is 11.5 Å². The van der Waals surface area contributed by atoms with Crippen LogP contribution in [-0.4, -0.2) is 16.4 Å². The third-order valence-electron chi connectivity index (χ3n) is 1.48. The summed E-state index contributed by atoms with van der Waals surface area (Å²) in [6.07, 6.45) is -1.60. The van der Waals surface area contributed by atoms with Crippen LogP contribution in [0.5, 0.6) is 11.5 Å². The van der Waals surface area contributed by atoms with Crippen molar-refractivity contribution in [1.29, 1.82) is 0 Å². The van der Waals surface area contributed by atoms with Crippen molar-refractivity contribution in [2.24, 2.45) is 0 Å². The maximum atomic E-state index is 9.15. The van der Waals surface area contributed by atoms with Gasteiger partial charge < -0.3 is 25.2 Å². The molecular formula is C9H10O5-2. The molecule has 0 unspecified atom stereocenters. The summed E-state index contributed by atoms with van der Waals surface area (Å²) in [6, 6.07) is 4.97. The van der Waals surface area contributed by atoms with E-state index in [1.807, 2.05) is 6.92 Å². The predicted octanol–water partition coefficient (Wildman–Crippen LogP) is -0.787. The molecule has 1 aromatic carbocycles. The number of phenols is 2. The molecule has 5 heteroatoms. The standard InChI is InChI=1S/C8H10O2.CH2O3/c1-2-6-4-3-5-7(9)8(6)10;2-1(3)4/h3-5,9-10H,2H2,1H3;(H2,2,3,4)/p-2. The van der Waals surface area contributed by atoms with Crippen LogP contribution in [0.1, 0.15) is 12.5 Å². The largest absolute Gasteiger partial charge is 0.652 e. The van der Waals surface area contributed by atoms with Crippen LogP contribution in [0.25, 0.3) is 0 Å². The molecule has 0 saturated carbocycles. The topological polar surface area (TPSA) is 104 Å². The Morgan fingerprint density at radius 3 is 2.21 bits per heavy atom. The molecule has 0 radical (unpaired) electrons. The van der Waals surface area contributed by atoms with Crippen LogP contribution in [-0.2, 0) is 6.42 Å². The minimum Gasteiger partial charge on any atom is -0.652 e. The van der Waals surface area contributed by atoms with Gasteiger partial charge in [0.1, 0.15) is 0 Å². The Kier molecular flexibility index (Phi) is 4.91. The Bertz CT molecular complexity index is 304. The fraction of sp³-hybridized carbons (Fsp3) is 0.222. The van der Waals surface area contributed by atoms with E-state index in [0.29, 0.717) is 0 Å². The highest BCUT2D eigenvalue weighted by atomic mass is 16.6. The first-order valence-corrected chi connectivity index (χ1v) is 3.86. The molecule has 0 aliphatic heterocycles. The van der Waals surface area contributed by atoms with E-state index in [4.69, 9.17) is 25.2 Å². The second kappa shape index (κ2) is 5.69. The molecule has 0 saturated heterocycles. The molecule has 0 bridgehead atoms. The van der Waals surface area contributed by atoms with E-state index in [0.717, 1.165) is 12.0 Å². The average molecular weight is 198 g/mol. The van der Waals surface area contributed by atoms with Crippen LogP contribution in [0.15, 0.2) is 18.2 Å². The van der Waals surface area contributed by atoms with E-state index in [2.05, 4.69) is 0 Å². The van der Waals surface area contributed by atoms with Gasteiger partial charge in [-0.15, -0.1) is 0 Å². The number of hydrogen-bond acceptors (Lipinski definition) is 5. The van der Waals surface area contributed by atoms with Crippen LogP contribution in [0.4, 0.5) is 4.79 Å². The van der Waals surface area contributed by atoms with Crippen molar-refractivity contribution in [3.8, 4) is 11.5 Å². The van der Waals surface area contributed by atoms with Gasteiger partial charge in [-0.2, -0.15) is 0 Å². The van der Waals surface area contributed by atoms with E-state index in [1.54, 1.807) is 12.1 Å². The number of benzene rings is 1. The van der Waals surface area contributed by atoms with Gasteiger partial charge in [-0.05, 0) is 24.2 Å². The lowest BCUT2D eigenvalue weighted by atomic mass is 10.1. The number of aryl methyl sites for hydroxylation is 1. The van der Waals surface area contributed by atoms with E-state index < -0.39 is 6.16 Å². The van der Waals surface area contributed by atoms with Gasteiger partial charge in [0.2, 0.25) is 0 Å². The summed E-state index contributed by atoms with van der Waals surface area (Å²) in [5.41, 5.74) is 0.778. The molecule has 0 atom stereocenters. The molecule has 0 spiro atoms. The van der Waals surface area contributed by atoms with Gasteiger partial charge in [-0.25, -0.2) is 0 Å². The molecule has 14 heavy (non-hydrogen) atoms. The van der Waals surface area contributed by atoms with Crippen molar-refractivity contribution in [3.63, 3.8) is 0 Å². The minimum atomic E-state index is -2.33. The summed E-state index contributed by atoms with van der Waals surface area (Å²) in [5, 5.41) is 34.8. The van der Waals surface area contributed by atoms with E-state index in [1.165, 1.54) is 6.07 Å². The third kappa shape index (κ3) is 4.20. The highest BCUT2D eigenvalue weighted by molar-refractivity contribution is 5.47. The number of carboxylic acid groups (broad SMARTS) is 2. The molecule has 1 rings (SSSR count). The lowest BCUT2D eigenvalue weighted by Crippen LogP contribution is -2.37. The summed E-state index contributed by atoms with van der Waals surface area (Å²) in [7, 11) is 0. The van der Waals surface area contributed by atoms with Crippen molar-refractivity contribution < 1.29 is 25.2 Å². The van der Waals surface area contributed by atoms with Gasteiger partial charge in [0.05, 0.1) is 0 Å². The fourth-order valence-electron chi connectivity index (χ4n) is 0.863. The molecule has 0 heterocycles. The highest BCUT2D eigenvalue weighted by Crippen LogP contribution is 2.27. The van der Waals surface area contributed by atoms with E-state index in [9.17, 15) is 0 Å². The molecule has 2 N–H and O–H groups in total. The zero-order chi connectivity index (χ0) is 11.1. The lowest BCUT2D eigenvalue weighted by Gasteiger charge is -2.01. The summed E-state index contributed by atoms with van der Waals surface area (Å²) >= 11 is 0. The molecule has 0 aliphatic rings. The van der Waals surface area contributed by atoms with Gasteiger partial charge in [0.25, 0.3) is 0 Å². The molecular weight excluding hydrogens is 188 g/mol. The Morgan fingerprint density at radius 1 is 1.36 bits per heavy atom. The quantitative estimate of drug-likeness (QED) is 0.575. The van der Waals surface area contributed by atoms with Gasteiger partial charge in [-0.1, -0.05) is 19.1 Å². The third-order valence-corrected chi connectivity index (χ3v) is 1.48. The normalized spacial score (nSPS) is 8.64. The van der Waals surface area contributed by atoms with Crippen molar-refractivity contribution in [3.05, 3.63) is 23.8 Å². The second-order valence-corrected chi connectivity index (χ2v) is 2.39. The number of carbonyl (C=O) groups is 1. The van der Waals surface area contributed by atoms with Crippen molar-refractivity contribution in [2.75, 3.05) is 0 Å². The molecule has 5 nitrogen and oxygen atoms in total. The smallest absolute Gasteiger partial charge is 0.160 e. The first kappa shape index (κ1) is 12.1. The molecule has 0 aliphatic carbocycles. The number of phenolic OH excluding ortho intramolecular Hbond substituents is 2. The summed E-state index contributed by atoms with van der Waals surface area (Å²) in [5.74, 6) is -0.0376. The zero-order valence-electron chi connectivity index (χ0n) is 7.56. The SMILES string of the molecule is CCc1cccc(O)c1O.O=C([O-])[O-]. The fourth-order valence-corrected chi connectivity index (χ4v) is 0.863. The van der Waals surface area contributed by atoms with Gasteiger partial charge in [-0.3, -0.25) is 0 Å². The average Bonchev–Trinajstić information content (AvgIpc) is 2.09. The Labute approximate surface area is 80.9 Å². The van der Waals surface area contributed by atoms with Crippen molar-refractivity contribution >= 4 is 6.16 Å². The number of carbonyl (C=O) groups excluding carboxylic acids is 1. The van der Waals surface area contributed by atoms with Gasteiger partial charge in [0, 0.05) is 0 Å². The Hall–Kier alpha value is -1.91. The molecule has 78 valence electrons. The molecule has 0 aromatic heterocycles. The predicted molar refractivity (Wildman–Crippen MR) is 44.5 cm³/mol. The summed E-state index contributed by atoms with van der Waals surface area (Å²) < 4.78 is 0. The first-order chi connectivity index (χ1) is 6.49. The van der Waals surface area contributed by atoms with Crippen LogP contribution >= 0.6 is 0 Å². The van der Waals surface area contributed by atoms with Crippen molar-refractivity contribution in [1.82, 2.24) is 0 Å². The lowest BCUT2D eigenvalue weighted by molar-refractivity contribution is -0.415. The second-order valence-electron chi connectivity index (χ2n) is 2.39. The molecule has 0 fully saturated rings. The van der Waals surface area contributed by atoms with Crippen LogP contribution < -0.4 is 10.2 Å². The number of hydrogen-bond donors (Lipinski definition) is 2. The van der Waals surface area contributed by atoms with E-state index in [-0.39, 0.29) is 11.5 Å². The van der Waals surface area contributed by atoms with Crippen LogP contribution in [0.3, 0.4) is 0 Å². The Morgan fingerprint density at radius 2 is 1.86 bits per heavy atom. The summed E-state index contributed by atoms with van der Waals surface area (Å²) in [4.78, 5) is 8.33. The van der Waals surface area contributed by atoms with Crippen LogP contribution in [0, 0.1) is 0 Å². The monoisotopic (exact) mass is 198 g/mol. The van der Waals surface area contributed by atoms with E-state index >= 15 is 0 Å². The van der Waals surface area contributed by atoms with Gasteiger partial charge >= 0.3 is 0 Å². The van der Waals surface area contributed by atoms with Crippen LogP contribution in [0.2, 0.25) is 0 Å². The number of para-hydroxylation sites is 1. The first-order valence-electron chi connectivity index (χ1n) is 3.86. The number of rotatable bonds is 1.